The monoisotopic (exact) mass is 594 g/mol. The predicted octanol–water partition coefficient (Wildman–Crippen LogP) is 3.05. The molecule has 7 rings (SSSR count). The van der Waals surface area contributed by atoms with Gasteiger partial charge in [0.15, 0.2) is 9.84 Å². The number of nitriles is 1. The van der Waals surface area contributed by atoms with Gasteiger partial charge in [-0.15, -0.1) is 5.10 Å². The molecule has 0 amide bonds. The molecule has 0 radical (unpaired) electrons. The summed E-state index contributed by atoms with van der Waals surface area (Å²) >= 11 is 0. The molecular weight excluding hydrogens is 559 g/mol. The van der Waals surface area contributed by atoms with Crippen molar-refractivity contribution >= 4 is 21.3 Å². The number of aliphatic hydroxyl groups excluding tert-OH is 1. The maximum atomic E-state index is 14.8. The molecule has 5 heterocycles. The molecule has 0 unspecified atom stereocenters. The van der Waals surface area contributed by atoms with Crippen LogP contribution in [-0.2, 0) is 9.84 Å². The molecule has 0 aliphatic carbocycles. The normalized spacial score (nSPS) is 23.0. The van der Waals surface area contributed by atoms with Gasteiger partial charge in [0, 0.05) is 43.0 Å². The van der Waals surface area contributed by atoms with Crippen LogP contribution in [0, 0.1) is 22.6 Å². The molecule has 3 aromatic rings. The molecule has 4 fully saturated rings. The van der Waals surface area contributed by atoms with Crippen molar-refractivity contribution in [2.24, 2.45) is 5.41 Å². The summed E-state index contributed by atoms with van der Waals surface area (Å²) in [5.41, 5.74) is 2.76. The number of fused-ring (bicyclic) bond motifs is 3. The van der Waals surface area contributed by atoms with Crippen molar-refractivity contribution in [1.82, 2.24) is 14.7 Å². The van der Waals surface area contributed by atoms with Crippen molar-refractivity contribution in [3.63, 3.8) is 0 Å². The van der Waals surface area contributed by atoms with Gasteiger partial charge in [0.05, 0.1) is 29.4 Å². The minimum atomic E-state index is -3.04. The Morgan fingerprint density at radius 3 is 2.45 bits per heavy atom. The van der Waals surface area contributed by atoms with E-state index in [1.807, 2.05) is 35.2 Å². The van der Waals surface area contributed by atoms with Gasteiger partial charge in [-0.3, -0.25) is 0 Å². The third-order valence-corrected chi connectivity index (χ3v) is 10.5. The number of hydrogen-bond donors (Lipinski definition) is 2. The maximum absolute atomic E-state index is 14.8. The SMILES string of the molecule is N#Cc1ccc(-c2cc(NCC34CCN(CC3)CC4)nn2-c2ccc(N3CCS(=O)(=O)CC3)cc2OCCO)cc1F. The minimum Gasteiger partial charge on any atom is -0.489 e. The van der Waals surface area contributed by atoms with E-state index in [1.54, 1.807) is 10.7 Å². The largest absolute Gasteiger partial charge is 0.489 e. The Morgan fingerprint density at radius 1 is 1.05 bits per heavy atom. The van der Waals surface area contributed by atoms with Crippen LogP contribution in [0.5, 0.6) is 5.75 Å². The van der Waals surface area contributed by atoms with Crippen molar-refractivity contribution < 1.29 is 22.7 Å². The summed E-state index contributed by atoms with van der Waals surface area (Å²) in [5.74, 6) is 0.666. The summed E-state index contributed by atoms with van der Waals surface area (Å²) < 4.78 is 46.4. The first-order valence-electron chi connectivity index (χ1n) is 14.4. The summed E-state index contributed by atoms with van der Waals surface area (Å²) in [5, 5.41) is 27.2. The van der Waals surface area contributed by atoms with Crippen LogP contribution < -0.4 is 15.0 Å². The first-order valence-corrected chi connectivity index (χ1v) is 16.2. The van der Waals surface area contributed by atoms with Crippen LogP contribution in [0.25, 0.3) is 16.9 Å². The smallest absolute Gasteiger partial charge is 0.153 e. The number of ether oxygens (including phenoxy) is 1. The van der Waals surface area contributed by atoms with Gasteiger partial charge < -0.3 is 25.0 Å². The molecule has 222 valence electrons. The molecule has 2 bridgehead atoms. The maximum Gasteiger partial charge on any atom is 0.153 e. The molecule has 2 aromatic carbocycles. The number of anilines is 2. The molecule has 1 aromatic heterocycles. The highest BCUT2D eigenvalue weighted by Gasteiger charge is 2.39. The number of hydrogen-bond acceptors (Lipinski definition) is 9. The van der Waals surface area contributed by atoms with Crippen molar-refractivity contribution in [1.29, 1.82) is 5.26 Å². The average Bonchev–Trinajstić information content (AvgIpc) is 3.44. The van der Waals surface area contributed by atoms with E-state index in [0.717, 1.165) is 51.1 Å². The van der Waals surface area contributed by atoms with Gasteiger partial charge in [-0.1, -0.05) is 6.07 Å². The van der Waals surface area contributed by atoms with E-state index < -0.39 is 15.7 Å². The van der Waals surface area contributed by atoms with Gasteiger partial charge in [-0.25, -0.2) is 17.5 Å². The van der Waals surface area contributed by atoms with Crippen LogP contribution in [-0.4, -0.2) is 92.2 Å². The van der Waals surface area contributed by atoms with Gasteiger partial charge in [0.25, 0.3) is 0 Å². The van der Waals surface area contributed by atoms with Gasteiger partial charge in [0.1, 0.15) is 35.7 Å². The van der Waals surface area contributed by atoms with Crippen LogP contribution in [0.2, 0.25) is 0 Å². The summed E-state index contributed by atoms with van der Waals surface area (Å²) in [6, 6.07) is 13.8. The van der Waals surface area contributed by atoms with Crippen LogP contribution >= 0.6 is 0 Å². The van der Waals surface area contributed by atoms with Crippen LogP contribution in [0.1, 0.15) is 24.8 Å². The molecular formula is C30H35FN6O4S. The fraction of sp³-hybridized carbons (Fsp3) is 0.467. The summed E-state index contributed by atoms with van der Waals surface area (Å²) in [6.45, 7) is 4.77. The summed E-state index contributed by atoms with van der Waals surface area (Å²) in [7, 11) is -3.04. The second-order valence-electron chi connectivity index (χ2n) is 11.4. The van der Waals surface area contributed by atoms with Gasteiger partial charge in [-0.05, 0) is 68.6 Å². The highest BCUT2D eigenvalue weighted by molar-refractivity contribution is 7.91. The third kappa shape index (κ3) is 5.82. The second-order valence-corrected chi connectivity index (χ2v) is 13.7. The number of benzene rings is 2. The van der Waals surface area contributed by atoms with E-state index in [4.69, 9.17) is 9.84 Å². The van der Waals surface area contributed by atoms with Crippen LogP contribution in [0.3, 0.4) is 0 Å². The summed E-state index contributed by atoms with van der Waals surface area (Å²) in [6.07, 6.45) is 3.44. The van der Waals surface area contributed by atoms with Crippen molar-refractivity contribution in [2.75, 3.05) is 74.2 Å². The van der Waals surface area contributed by atoms with E-state index in [-0.39, 0.29) is 35.7 Å². The molecule has 10 nitrogen and oxygen atoms in total. The molecule has 0 spiro atoms. The zero-order valence-corrected chi connectivity index (χ0v) is 24.2. The van der Waals surface area contributed by atoms with Crippen molar-refractivity contribution in [3.05, 3.63) is 53.8 Å². The molecule has 42 heavy (non-hydrogen) atoms. The Balaban J connectivity index is 1.37. The number of aliphatic hydroxyl groups is 1. The molecule has 2 N–H and O–H groups in total. The molecule has 4 saturated heterocycles. The van der Waals surface area contributed by atoms with Crippen molar-refractivity contribution in [2.45, 2.75) is 19.3 Å². The highest BCUT2D eigenvalue weighted by Crippen LogP contribution is 2.40. The van der Waals surface area contributed by atoms with E-state index in [1.165, 1.54) is 12.1 Å². The number of rotatable bonds is 9. The first-order chi connectivity index (χ1) is 20.3. The summed E-state index contributed by atoms with van der Waals surface area (Å²) in [4.78, 5) is 4.51. The Hall–Kier alpha value is -3.66. The Bertz CT molecular complexity index is 1580. The van der Waals surface area contributed by atoms with E-state index >= 15 is 0 Å². The predicted molar refractivity (Wildman–Crippen MR) is 158 cm³/mol. The quantitative estimate of drug-likeness (QED) is 0.385. The Morgan fingerprint density at radius 2 is 1.79 bits per heavy atom. The number of sulfone groups is 1. The lowest BCUT2D eigenvalue weighted by atomic mass is 9.72. The zero-order chi connectivity index (χ0) is 29.3. The number of nitrogens with zero attached hydrogens (tertiary/aromatic N) is 5. The first kappa shape index (κ1) is 28.5. The number of piperidine rings is 3. The minimum absolute atomic E-state index is 0.0363. The number of halogens is 1. The molecule has 12 heteroatoms. The molecule has 0 atom stereocenters. The fourth-order valence-electron chi connectivity index (χ4n) is 6.18. The van der Waals surface area contributed by atoms with E-state index in [9.17, 15) is 23.2 Å². The Labute approximate surface area is 245 Å². The van der Waals surface area contributed by atoms with Gasteiger partial charge in [-0.2, -0.15) is 5.26 Å². The van der Waals surface area contributed by atoms with Gasteiger partial charge in [0.2, 0.25) is 0 Å². The topological polar surface area (TPSA) is 124 Å². The van der Waals surface area contributed by atoms with Crippen molar-refractivity contribution in [3.8, 4) is 28.8 Å². The lowest BCUT2D eigenvalue weighted by Gasteiger charge is -2.48. The molecule has 4 aliphatic rings. The fourth-order valence-corrected chi connectivity index (χ4v) is 7.38. The second kappa shape index (κ2) is 11.6. The third-order valence-electron chi connectivity index (χ3n) is 8.84. The van der Waals surface area contributed by atoms with E-state index in [2.05, 4.69) is 10.2 Å². The van der Waals surface area contributed by atoms with Crippen LogP contribution in [0.15, 0.2) is 42.5 Å². The van der Waals surface area contributed by atoms with Crippen LogP contribution in [0.4, 0.5) is 15.9 Å². The van der Waals surface area contributed by atoms with E-state index in [0.29, 0.717) is 41.6 Å². The molecule has 0 saturated carbocycles. The number of nitrogens with one attached hydrogen (secondary N) is 1. The lowest BCUT2D eigenvalue weighted by Crippen LogP contribution is -2.50. The number of aromatic nitrogens is 2. The Kier molecular flexibility index (Phi) is 7.83. The molecule has 4 aliphatic heterocycles. The zero-order valence-electron chi connectivity index (χ0n) is 23.4. The highest BCUT2D eigenvalue weighted by atomic mass is 32.2. The standard InChI is InChI=1S/C30H35FN6O4S/c31-25-17-22(1-2-23(25)20-32)27-19-29(33-21-30-5-8-35(9-6-30)10-7-30)34-37(27)26-4-3-24(18-28(26)41-14-13-38)36-11-15-42(39,40)16-12-36/h1-4,17-19,38H,5-16,21H2,(H,33,34). The van der Waals surface area contributed by atoms with Gasteiger partial charge >= 0.3 is 0 Å². The lowest BCUT2D eigenvalue weighted by molar-refractivity contribution is 0.0360. The average molecular weight is 595 g/mol.